The van der Waals surface area contributed by atoms with Gasteiger partial charge in [-0.2, -0.15) is 0 Å². The zero-order chi connectivity index (χ0) is 28.3. The van der Waals surface area contributed by atoms with E-state index in [1.165, 1.54) is 30.5 Å². The second-order valence-corrected chi connectivity index (χ2v) is 10.2. The molecule has 13 nitrogen and oxygen atoms in total. The molecule has 0 saturated heterocycles. The SMILES string of the molecule is C#C[C@H](CO[C@H](COP(=O)(NCC(=O)OC(C)C)Oc1ccc(Cl)cc1)[C@@H](O)CO)n1ccc(=O)[nH]c1=O. The first-order valence-electron chi connectivity index (χ1n) is 11.3. The first kappa shape index (κ1) is 31.3. The van der Waals surface area contributed by atoms with Crippen LogP contribution in [0.25, 0.3) is 0 Å². The summed E-state index contributed by atoms with van der Waals surface area (Å²) in [5, 5.41) is 22.5. The van der Waals surface area contributed by atoms with Gasteiger partial charge in [0.1, 0.15) is 30.5 Å². The Balaban J connectivity index is 2.17. The lowest BCUT2D eigenvalue weighted by Crippen LogP contribution is -2.39. The van der Waals surface area contributed by atoms with Gasteiger partial charge in [0.15, 0.2) is 0 Å². The highest BCUT2D eigenvalue weighted by molar-refractivity contribution is 7.52. The van der Waals surface area contributed by atoms with Crippen molar-refractivity contribution in [2.75, 3.05) is 26.4 Å². The molecule has 208 valence electrons. The third kappa shape index (κ3) is 10.1. The summed E-state index contributed by atoms with van der Waals surface area (Å²) in [7, 11) is -4.29. The number of nitrogens with one attached hydrogen (secondary N) is 2. The van der Waals surface area contributed by atoms with E-state index in [-0.39, 0.29) is 12.4 Å². The molecule has 1 aromatic heterocycles. The Bertz CT molecular complexity index is 1260. The minimum Gasteiger partial charge on any atom is -0.462 e. The number of aliphatic hydroxyl groups is 2. The number of hydrogen-bond acceptors (Lipinski definition) is 10. The Hall–Kier alpha value is -2.95. The molecule has 4 N–H and O–H groups in total. The van der Waals surface area contributed by atoms with E-state index < -0.39 is 69.1 Å². The lowest BCUT2D eigenvalue weighted by molar-refractivity contribution is -0.146. The molecule has 0 radical (unpaired) electrons. The van der Waals surface area contributed by atoms with Crippen molar-refractivity contribution in [1.29, 1.82) is 0 Å². The maximum absolute atomic E-state index is 13.5. The highest BCUT2D eigenvalue weighted by Crippen LogP contribution is 2.44. The Labute approximate surface area is 223 Å². The number of carbonyl (C=O) groups excluding carboxylic acids is 1. The number of benzene rings is 1. The van der Waals surface area contributed by atoms with Crippen LogP contribution in [0.15, 0.2) is 46.1 Å². The predicted octanol–water partition coefficient (Wildman–Crippen LogP) is 0.848. The first-order valence-corrected chi connectivity index (χ1v) is 13.2. The van der Waals surface area contributed by atoms with Gasteiger partial charge in [0.05, 0.1) is 25.9 Å². The molecule has 0 saturated carbocycles. The molecule has 0 amide bonds. The van der Waals surface area contributed by atoms with E-state index >= 15 is 0 Å². The van der Waals surface area contributed by atoms with Crippen LogP contribution < -0.4 is 20.9 Å². The summed E-state index contributed by atoms with van der Waals surface area (Å²) in [6.45, 7) is 1.03. The summed E-state index contributed by atoms with van der Waals surface area (Å²) in [6.07, 6.45) is 3.43. The smallest absolute Gasteiger partial charge is 0.459 e. The first-order chi connectivity index (χ1) is 18.0. The standard InChI is InChI=1S/C23H29ClN3O10P/c1-4-17(27-10-9-21(30)26-23(27)32)13-34-20(19(29)12-28)14-35-38(33,25-11-22(31)36-15(2)3)37-18-7-5-16(24)6-8-18/h1,5-10,15,17,19-20,28-29H,11-14H2,2-3H3,(H,25,33)(H,26,30,32)/t17-,19+,20-,38?/m1/s1. The summed E-state index contributed by atoms with van der Waals surface area (Å²) in [5.74, 6) is 1.69. The number of carbonyl (C=O) groups is 1. The molecular formula is C23H29ClN3O10P. The summed E-state index contributed by atoms with van der Waals surface area (Å²) >= 11 is 5.87. The molecule has 38 heavy (non-hydrogen) atoms. The van der Waals surface area contributed by atoms with Gasteiger partial charge in [-0.1, -0.05) is 17.5 Å². The monoisotopic (exact) mass is 573 g/mol. The molecule has 2 aromatic rings. The zero-order valence-corrected chi connectivity index (χ0v) is 22.3. The van der Waals surface area contributed by atoms with E-state index in [1.807, 2.05) is 0 Å². The number of rotatable bonds is 15. The fourth-order valence-electron chi connectivity index (χ4n) is 2.86. The number of esters is 1. The van der Waals surface area contributed by atoms with Crippen molar-refractivity contribution in [3.05, 3.63) is 62.4 Å². The number of aromatic nitrogens is 2. The third-order valence-corrected chi connectivity index (χ3v) is 6.43. The van der Waals surface area contributed by atoms with Gasteiger partial charge in [0.2, 0.25) is 0 Å². The number of hydrogen-bond donors (Lipinski definition) is 4. The van der Waals surface area contributed by atoms with Crippen molar-refractivity contribution in [2.24, 2.45) is 0 Å². The van der Waals surface area contributed by atoms with Crippen molar-refractivity contribution in [2.45, 2.75) is 38.2 Å². The second kappa shape index (κ2) is 14.8. The lowest BCUT2D eigenvalue weighted by Gasteiger charge is -2.26. The van der Waals surface area contributed by atoms with Gasteiger partial charge in [0, 0.05) is 17.3 Å². The van der Waals surface area contributed by atoms with Crippen molar-refractivity contribution in [1.82, 2.24) is 14.6 Å². The Morgan fingerprint density at radius 2 is 1.92 bits per heavy atom. The van der Waals surface area contributed by atoms with E-state index in [2.05, 4.69) is 16.0 Å². The number of nitrogens with zero attached hydrogens (tertiary/aromatic N) is 1. The molecule has 4 atom stereocenters. The topological polar surface area (TPSA) is 178 Å². The number of halogens is 1. The van der Waals surface area contributed by atoms with Crippen LogP contribution in [0.3, 0.4) is 0 Å². The quantitative estimate of drug-likeness (QED) is 0.135. The van der Waals surface area contributed by atoms with E-state index in [0.717, 1.165) is 10.6 Å². The number of H-pyrrole nitrogens is 1. The van der Waals surface area contributed by atoms with Gasteiger partial charge in [-0.3, -0.25) is 23.7 Å². The van der Waals surface area contributed by atoms with Gasteiger partial charge in [-0.05, 0) is 38.1 Å². The normalized spacial score (nSPS) is 15.2. The summed E-state index contributed by atoms with van der Waals surface area (Å²) in [4.78, 5) is 37.4. The molecule has 1 unspecified atom stereocenters. The minimum atomic E-state index is -4.29. The van der Waals surface area contributed by atoms with E-state index in [1.54, 1.807) is 13.8 Å². The van der Waals surface area contributed by atoms with Crippen molar-refractivity contribution >= 4 is 25.3 Å². The van der Waals surface area contributed by atoms with Crippen molar-refractivity contribution < 1.29 is 38.1 Å². The third-order valence-electron chi connectivity index (χ3n) is 4.70. The van der Waals surface area contributed by atoms with Crippen LogP contribution in [0.5, 0.6) is 5.75 Å². The van der Waals surface area contributed by atoms with Crippen LogP contribution in [-0.2, 0) is 23.4 Å². The highest BCUT2D eigenvalue weighted by atomic mass is 35.5. The average molecular weight is 574 g/mol. The second-order valence-electron chi connectivity index (χ2n) is 8.03. The Kier molecular flexibility index (Phi) is 12.2. The number of ether oxygens (including phenoxy) is 2. The highest BCUT2D eigenvalue weighted by Gasteiger charge is 2.32. The van der Waals surface area contributed by atoms with Crippen LogP contribution in [0, 0.1) is 12.3 Å². The van der Waals surface area contributed by atoms with Gasteiger partial charge < -0.3 is 24.2 Å². The molecule has 0 fully saturated rings. The van der Waals surface area contributed by atoms with Crippen LogP contribution >= 0.6 is 19.3 Å². The molecule has 15 heteroatoms. The van der Waals surface area contributed by atoms with Crippen LogP contribution in [0.1, 0.15) is 19.9 Å². The molecule has 0 spiro atoms. The van der Waals surface area contributed by atoms with Crippen LogP contribution in [-0.4, -0.2) is 70.4 Å². The van der Waals surface area contributed by atoms with Gasteiger partial charge in [0.25, 0.3) is 5.56 Å². The average Bonchev–Trinajstić information content (AvgIpc) is 2.86. The largest absolute Gasteiger partial charge is 0.462 e. The van der Waals surface area contributed by atoms with E-state index in [4.69, 9.17) is 36.5 Å². The van der Waals surface area contributed by atoms with Gasteiger partial charge in [-0.15, -0.1) is 6.42 Å². The zero-order valence-electron chi connectivity index (χ0n) is 20.6. The number of aromatic amines is 1. The maximum Gasteiger partial charge on any atom is 0.459 e. The number of terminal acetylenes is 1. The molecule has 0 aliphatic carbocycles. The molecule has 2 rings (SSSR count). The fourth-order valence-corrected chi connectivity index (χ4v) is 4.26. The van der Waals surface area contributed by atoms with Crippen molar-refractivity contribution in [3.8, 4) is 18.1 Å². The van der Waals surface area contributed by atoms with Gasteiger partial charge in [-0.25, -0.2) is 14.4 Å². The lowest BCUT2D eigenvalue weighted by atomic mass is 10.2. The fraction of sp³-hybridized carbons (Fsp3) is 0.435. The van der Waals surface area contributed by atoms with Crippen LogP contribution in [0.2, 0.25) is 5.02 Å². The Morgan fingerprint density at radius 1 is 1.24 bits per heavy atom. The minimum absolute atomic E-state index is 0.0903. The molecule has 1 heterocycles. The van der Waals surface area contributed by atoms with Gasteiger partial charge >= 0.3 is 19.4 Å². The summed E-state index contributed by atoms with van der Waals surface area (Å²) in [5.41, 5.74) is -1.40. The molecule has 0 aliphatic heterocycles. The summed E-state index contributed by atoms with van der Waals surface area (Å²) < 4.78 is 36.0. The van der Waals surface area contributed by atoms with Crippen molar-refractivity contribution in [3.63, 3.8) is 0 Å². The summed E-state index contributed by atoms with van der Waals surface area (Å²) in [6, 6.07) is 5.89. The molecule has 0 aliphatic rings. The van der Waals surface area contributed by atoms with E-state index in [9.17, 15) is 29.2 Å². The number of aliphatic hydroxyl groups excluding tert-OH is 2. The Morgan fingerprint density at radius 3 is 2.50 bits per heavy atom. The molecule has 0 bridgehead atoms. The predicted molar refractivity (Wildman–Crippen MR) is 137 cm³/mol. The molecular weight excluding hydrogens is 545 g/mol. The van der Waals surface area contributed by atoms with E-state index in [0.29, 0.717) is 5.02 Å². The van der Waals surface area contributed by atoms with Crippen LogP contribution in [0.4, 0.5) is 0 Å². The maximum atomic E-state index is 13.5. The molecule has 1 aromatic carbocycles.